The average molecular weight is 491 g/mol. The number of likely N-dealkylation sites (tertiary alicyclic amines) is 1. The number of aliphatic imine (C=N–C) groups is 1. The molecule has 2 heterocycles. The lowest BCUT2D eigenvalue weighted by Crippen LogP contribution is -2.39. The van der Waals surface area contributed by atoms with Gasteiger partial charge >= 0.3 is 0 Å². The van der Waals surface area contributed by atoms with Crippen LogP contribution in [0.15, 0.2) is 11.3 Å². The molecule has 7 nitrogen and oxygen atoms in total. The molecule has 8 heteroatoms. The average Bonchev–Trinajstić information content (AvgIpc) is 3.10. The summed E-state index contributed by atoms with van der Waals surface area (Å²) in [7, 11) is 0. The van der Waals surface area contributed by atoms with Gasteiger partial charge in [0.05, 0.1) is 0 Å². The lowest BCUT2D eigenvalue weighted by Gasteiger charge is -2.33. The highest BCUT2D eigenvalue weighted by Gasteiger charge is 2.16. The summed E-state index contributed by atoms with van der Waals surface area (Å²) >= 11 is 0. The number of nitrogens with zero attached hydrogens (tertiary/aromatic N) is 5. The minimum absolute atomic E-state index is 0. The Bertz CT molecular complexity index is 532. The van der Waals surface area contributed by atoms with E-state index in [0.29, 0.717) is 0 Å². The SMILES string of the molecule is CCNC(=NCCCCN1CCCCC1C)NCCn1cnnc1CC.I. The Hall–Kier alpha value is -0.900. The molecule has 0 amide bonds. The van der Waals surface area contributed by atoms with Crippen molar-refractivity contribution in [3.05, 3.63) is 12.2 Å². The number of halogens is 1. The van der Waals surface area contributed by atoms with Gasteiger partial charge in [0.25, 0.3) is 0 Å². The molecule has 0 spiro atoms. The zero-order chi connectivity index (χ0) is 18.6. The first-order valence-corrected chi connectivity index (χ1v) is 10.4. The molecule has 156 valence electrons. The van der Waals surface area contributed by atoms with E-state index in [0.717, 1.165) is 56.8 Å². The maximum atomic E-state index is 4.71. The van der Waals surface area contributed by atoms with Crippen molar-refractivity contribution >= 4 is 29.9 Å². The number of aromatic nitrogens is 3. The van der Waals surface area contributed by atoms with Gasteiger partial charge in [-0.2, -0.15) is 0 Å². The standard InChI is InChI=1S/C19H37N7.HI/c1-4-18-24-23-16-26(18)15-12-22-19(20-5-2)21-11-7-9-14-25-13-8-6-10-17(25)3;/h16-17H,4-15H2,1-3H3,(H2,20,21,22);1H. The number of nitrogens with one attached hydrogen (secondary N) is 2. The zero-order valence-electron chi connectivity index (χ0n) is 17.3. The summed E-state index contributed by atoms with van der Waals surface area (Å²) in [5, 5.41) is 14.8. The molecule has 0 bridgehead atoms. The van der Waals surface area contributed by atoms with Gasteiger partial charge in [0, 0.05) is 38.6 Å². The highest BCUT2D eigenvalue weighted by Crippen LogP contribution is 2.16. The zero-order valence-corrected chi connectivity index (χ0v) is 19.6. The second-order valence-corrected chi connectivity index (χ2v) is 7.07. The van der Waals surface area contributed by atoms with Crippen LogP contribution in [-0.4, -0.2) is 64.4 Å². The van der Waals surface area contributed by atoms with Crippen LogP contribution in [0.1, 0.15) is 58.7 Å². The van der Waals surface area contributed by atoms with Crippen LogP contribution in [-0.2, 0) is 13.0 Å². The first kappa shape index (κ1) is 24.1. The van der Waals surface area contributed by atoms with E-state index in [4.69, 9.17) is 4.99 Å². The Balaban J connectivity index is 0.00000364. The lowest BCUT2D eigenvalue weighted by molar-refractivity contribution is 0.158. The van der Waals surface area contributed by atoms with Crippen LogP contribution in [0.25, 0.3) is 0 Å². The largest absolute Gasteiger partial charge is 0.357 e. The Labute approximate surface area is 181 Å². The molecule has 0 aliphatic carbocycles. The summed E-state index contributed by atoms with van der Waals surface area (Å²) in [5.41, 5.74) is 0. The minimum Gasteiger partial charge on any atom is -0.357 e. The van der Waals surface area contributed by atoms with Crippen LogP contribution >= 0.6 is 24.0 Å². The van der Waals surface area contributed by atoms with Crippen LogP contribution in [0.5, 0.6) is 0 Å². The molecule has 0 radical (unpaired) electrons. The molecule has 1 aromatic rings. The van der Waals surface area contributed by atoms with Gasteiger partial charge in [-0.25, -0.2) is 0 Å². The fourth-order valence-corrected chi connectivity index (χ4v) is 3.48. The Morgan fingerprint density at radius 2 is 2.07 bits per heavy atom. The van der Waals surface area contributed by atoms with Crippen molar-refractivity contribution < 1.29 is 0 Å². The summed E-state index contributed by atoms with van der Waals surface area (Å²) in [6, 6.07) is 0.761. The van der Waals surface area contributed by atoms with E-state index in [2.05, 4.69) is 51.1 Å². The number of unbranched alkanes of at least 4 members (excludes halogenated alkanes) is 1. The van der Waals surface area contributed by atoms with Crippen LogP contribution in [0.2, 0.25) is 0 Å². The molecule has 1 aromatic heterocycles. The van der Waals surface area contributed by atoms with E-state index >= 15 is 0 Å². The van der Waals surface area contributed by atoms with Crippen molar-refractivity contribution in [3.8, 4) is 0 Å². The van der Waals surface area contributed by atoms with Gasteiger partial charge in [-0.3, -0.25) is 4.99 Å². The van der Waals surface area contributed by atoms with Crippen molar-refractivity contribution in [1.29, 1.82) is 0 Å². The van der Waals surface area contributed by atoms with Crippen LogP contribution in [0.3, 0.4) is 0 Å². The van der Waals surface area contributed by atoms with Gasteiger partial charge < -0.3 is 20.1 Å². The minimum atomic E-state index is 0. The topological polar surface area (TPSA) is 70.4 Å². The Morgan fingerprint density at radius 3 is 2.81 bits per heavy atom. The normalized spacial score (nSPS) is 18.2. The molecule has 0 aromatic carbocycles. The molecule has 0 saturated carbocycles. The summed E-state index contributed by atoms with van der Waals surface area (Å²) in [6.45, 7) is 12.5. The van der Waals surface area contributed by atoms with E-state index in [1.807, 2.05) is 0 Å². The molecular formula is C19H38IN7. The highest BCUT2D eigenvalue weighted by atomic mass is 127. The van der Waals surface area contributed by atoms with Crippen molar-refractivity contribution in [1.82, 2.24) is 30.3 Å². The maximum absolute atomic E-state index is 4.71. The second kappa shape index (κ2) is 14.1. The summed E-state index contributed by atoms with van der Waals surface area (Å²) in [4.78, 5) is 7.35. The molecule has 1 aliphatic heterocycles. The van der Waals surface area contributed by atoms with Gasteiger partial charge in [0.1, 0.15) is 12.2 Å². The molecule has 1 saturated heterocycles. The lowest BCUT2D eigenvalue weighted by atomic mass is 10.0. The summed E-state index contributed by atoms with van der Waals surface area (Å²) in [5.74, 6) is 1.94. The number of hydrogen-bond donors (Lipinski definition) is 2. The quantitative estimate of drug-likeness (QED) is 0.228. The first-order chi connectivity index (χ1) is 12.7. The van der Waals surface area contributed by atoms with Gasteiger partial charge in [0.2, 0.25) is 0 Å². The van der Waals surface area contributed by atoms with E-state index in [1.165, 1.54) is 38.8 Å². The molecule has 27 heavy (non-hydrogen) atoms. The molecule has 2 rings (SSSR count). The predicted molar refractivity (Wildman–Crippen MR) is 123 cm³/mol. The van der Waals surface area contributed by atoms with E-state index in [1.54, 1.807) is 6.33 Å². The van der Waals surface area contributed by atoms with Gasteiger partial charge in [-0.15, -0.1) is 34.2 Å². The first-order valence-electron chi connectivity index (χ1n) is 10.4. The second-order valence-electron chi connectivity index (χ2n) is 7.07. The van der Waals surface area contributed by atoms with E-state index in [-0.39, 0.29) is 24.0 Å². The Morgan fingerprint density at radius 1 is 1.22 bits per heavy atom. The molecule has 1 aliphatic rings. The number of aryl methyl sites for hydroxylation is 1. The molecule has 1 fully saturated rings. The maximum Gasteiger partial charge on any atom is 0.191 e. The monoisotopic (exact) mass is 491 g/mol. The van der Waals surface area contributed by atoms with E-state index in [9.17, 15) is 0 Å². The molecule has 2 N–H and O–H groups in total. The van der Waals surface area contributed by atoms with Gasteiger partial charge in [0.15, 0.2) is 5.96 Å². The number of rotatable bonds is 10. The highest BCUT2D eigenvalue weighted by molar-refractivity contribution is 14.0. The van der Waals surface area contributed by atoms with Crippen LogP contribution in [0.4, 0.5) is 0 Å². The smallest absolute Gasteiger partial charge is 0.191 e. The Kier molecular flexibility index (Phi) is 12.6. The van der Waals surface area contributed by atoms with Crippen molar-refractivity contribution in [2.45, 2.75) is 71.9 Å². The van der Waals surface area contributed by atoms with Crippen molar-refractivity contribution in [2.24, 2.45) is 4.99 Å². The third-order valence-electron chi connectivity index (χ3n) is 5.07. The van der Waals surface area contributed by atoms with E-state index < -0.39 is 0 Å². The number of piperidine rings is 1. The van der Waals surface area contributed by atoms with Crippen LogP contribution < -0.4 is 10.6 Å². The number of guanidine groups is 1. The van der Waals surface area contributed by atoms with Gasteiger partial charge in [-0.1, -0.05) is 13.3 Å². The van der Waals surface area contributed by atoms with Gasteiger partial charge in [-0.05, 0) is 52.6 Å². The third-order valence-corrected chi connectivity index (χ3v) is 5.07. The van der Waals surface area contributed by atoms with Crippen LogP contribution in [0, 0.1) is 0 Å². The third kappa shape index (κ3) is 8.76. The molecular weight excluding hydrogens is 453 g/mol. The fraction of sp³-hybridized carbons (Fsp3) is 0.842. The number of hydrogen-bond acceptors (Lipinski definition) is 4. The summed E-state index contributed by atoms with van der Waals surface area (Å²) in [6.07, 6.45) is 9.20. The molecule has 1 unspecified atom stereocenters. The molecule has 1 atom stereocenters. The van der Waals surface area contributed by atoms with Crippen molar-refractivity contribution in [2.75, 3.05) is 32.7 Å². The predicted octanol–water partition coefficient (Wildman–Crippen LogP) is 2.67. The summed E-state index contributed by atoms with van der Waals surface area (Å²) < 4.78 is 2.09. The van der Waals surface area contributed by atoms with Crippen molar-refractivity contribution in [3.63, 3.8) is 0 Å². The fourth-order valence-electron chi connectivity index (χ4n) is 3.48.